The van der Waals surface area contributed by atoms with Gasteiger partial charge in [-0.05, 0) is 61.6 Å². The minimum atomic E-state index is 0.400. The Morgan fingerprint density at radius 1 is 1.19 bits per heavy atom. The normalized spacial score (nSPS) is 29.6. The van der Waals surface area contributed by atoms with Gasteiger partial charge in [-0.3, -0.25) is 0 Å². The Kier molecular flexibility index (Phi) is 3.59. The van der Waals surface area contributed by atoms with Gasteiger partial charge >= 0.3 is 0 Å². The molecule has 2 rings (SSSR count). The maximum absolute atomic E-state index is 6.28. The van der Waals surface area contributed by atoms with E-state index in [9.17, 15) is 0 Å². The Hall–Kier alpha value is -0.490. The molecule has 1 aliphatic rings. The van der Waals surface area contributed by atoms with Crippen molar-refractivity contribution in [2.24, 2.45) is 11.8 Å². The summed E-state index contributed by atoms with van der Waals surface area (Å²) in [7, 11) is 0. The second kappa shape index (κ2) is 4.79. The van der Waals surface area contributed by atoms with Crippen LogP contribution in [0.25, 0.3) is 0 Å². The second-order valence-corrected chi connectivity index (χ2v) is 5.90. The van der Waals surface area contributed by atoms with Crippen LogP contribution >= 0.6 is 11.6 Å². The van der Waals surface area contributed by atoms with Crippen molar-refractivity contribution < 1.29 is 0 Å². The Bertz CT molecular complexity index is 370. The van der Waals surface area contributed by atoms with E-state index in [-0.39, 0.29) is 0 Å². The summed E-state index contributed by atoms with van der Waals surface area (Å²) in [4.78, 5) is 0. The number of hydrogen-bond acceptors (Lipinski definition) is 0. The summed E-state index contributed by atoms with van der Waals surface area (Å²) in [6.07, 6.45) is 3.69. The minimum absolute atomic E-state index is 0.400. The minimum Gasteiger partial charge on any atom is -0.123 e. The lowest BCUT2D eigenvalue weighted by Gasteiger charge is -2.17. The molecule has 0 N–H and O–H groups in total. The summed E-state index contributed by atoms with van der Waals surface area (Å²) in [6, 6.07) is 6.85. The molecule has 1 aromatic rings. The monoisotopic (exact) mass is 236 g/mol. The summed E-state index contributed by atoms with van der Waals surface area (Å²) < 4.78 is 0. The molecule has 1 fully saturated rings. The lowest BCUT2D eigenvalue weighted by Crippen LogP contribution is -2.13. The molecular formula is C15H21Cl. The SMILES string of the molecule is Cc1ccc(CC2CCC(Cl)C2C)cc1C. The quantitative estimate of drug-likeness (QED) is 0.664. The maximum atomic E-state index is 6.28. The molecule has 1 aromatic carbocycles. The zero-order valence-corrected chi connectivity index (χ0v) is 11.2. The van der Waals surface area contributed by atoms with Gasteiger partial charge in [-0.25, -0.2) is 0 Å². The maximum Gasteiger partial charge on any atom is 0.0364 e. The first-order valence-electron chi connectivity index (χ1n) is 6.28. The topological polar surface area (TPSA) is 0 Å². The van der Waals surface area contributed by atoms with Crippen LogP contribution in [0.2, 0.25) is 0 Å². The van der Waals surface area contributed by atoms with Gasteiger partial charge in [0.05, 0.1) is 0 Å². The molecule has 88 valence electrons. The fraction of sp³-hybridized carbons (Fsp3) is 0.600. The fourth-order valence-corrected chi connectivity index (χ4v) is 3.05. The molecule has 3 atom stereocenters. The van der Waals surface area contributed by atoms with Crippen LogP contribution in [0.15, 0.2) is 18.2 Å². The molecule has 0 aromatic heterocycles. The van der Waals surface area contributed by atoms with Crippen LogP contribution in [-0.2, 0) is 6.42 Å². The van der Waals surface area contributed by atoms with Gasteiger partial charge in [0.25, 0.3) is 0 Å². The van der Waals surface area contributed by atoms with Gasteiger partial charge in [-0.1, -0.05) is 25.1 Å². The highest BCUT2D eigenvalue weighted by Gasteiger charge is 2.31. The molecule has 0 bridgehead atoms. The molecule has 0 radical (unpaired) electrons. The van der Waals surface area contributed by atoms with Crippen molar-refractivity contribution in [2.75, 3.05) is 0 Å². The fourth-order valence-electron chi connectivity index (χ4n) is 2.72. The molecule has 0 aliphatic heterocycles. The van der Waals surface area contributed by atoms with E-state index < -0.39 is 0 Å². The number of alkyl halides is 1. The smallest absolute Gasteiger partial charge is 0.0364 e. The lowest BCUT2D eigenvalue weighted by atomic mass is 9.90. The van der Waals surface area contributed by atoms with Gasteiger partial charge in [0, 0.05) is 5.38 Å². The zero-order valence-electron chi connectivity index (χ0n) is 10.5. The van der Waals surface area contributed by atoms with E-state index in [4.69, 9.17) is 11.6 Å². The highest BCUT2D eigenvalue weighted by atomic mass is 35.5. The van der Waals surface area contributed by atoms with Gasteiger partial charge in [0.2, 0.25) is 0 Å². The van der Waals surface area contributed by atoms with Crippen molar-refractivity contribution in [1.29, 1.82) is 0 Å². The molecule has 1 aliphatic carbocycles. The molecule has 0 spiro atoms. The van der Waals surface area contributed by atoms with E-state index in [1.807, 2.05) is 0 Å². The molecule has 0 amide bonds. The highest BCUT2D eigenvalue weighted by molar-refractivity contribution is 6.20. The van der Waals surface area contributed by atoms with Crippen molar-refractivity contribution in [3.8, 4) is 0 Å². The third kappa shape index (κ3) is 2.43. The number of rotatable bonds is 2. The van der Waals surface area contributed by atoms with Crippen molar-refractivity contribution in [2.45, 2.75) is 45.4 Å². The van der Waals surface area contributed by atoms with Gasteiger partial charge in [0.15, 0.2) is 0 Å². The molecule has 1 saturated carbocycles. The molecule has 0 heterocycles. The van der Waals surface area contributed by atoms with E-state index in [2.05, 4.69) is 39.0 Å². The van der Waals surface area contributed by atoms with Crippen molar-refractivity contribution in [1.82, 2.24) is 0 Å². The van der Waals surface area contributed by atoms with E-state index in [1.54, 1.807) is 0 Å². The van der Waals surface area contributed by atoms with Crippen molar-refractivity contribution >= 4 is 11.6 Å². The summed E-state index contributed by atoms with van der Waals surface area (Å²) in [5, 5.41) is 0.400. The number of aryl methyl sites for hydroxylation is 2. The Labute approximate surface area is 104 Å². The number of halogens is 1. The zero-order chi connectivity index (χ0) is 11.7. The first-order chi connectivity index (χ1) is 7.58. The lowest BCUT2D eigenvalue weighted by molar-refractivity contribution is 0.420. The van der Waals surface area contributed by atoms with Crippen LogP contribution < -0.4 is 0 Å². The van der Waals surface area contributed by atoms with Crippen LogP contribution in [0.3, 0.4) is 0 Å². The average Bonchev–Trinajstić information content (AvgIpc) is 2.55. The van der Waals surface area contributed by atoms with E-state index in [1.165, 1.54) is 36.0 Å². The summed E-state index contributed by atoms with van der Waals surface area (Å²) in [6.45, 7) is 6.67. The van der Waals surface area contributed by atoms with E-state index in [0.717, 1.165) is 5.92 Å². The molecule has 1 heteroatoms. The third-order valence-corrected chi connectivity index (χ3v) is 4.81. The van der Waals surface area contributed by atoms with Crippen LogP contribution in [0, 0.1) is 25.7 Å². The van der Waals surface area contributed by atoms with Gasteiger partial charge in [-0.2, -0.15) is 0 Å². The Morgan fingerprint density at radius 2 is 1.94 bits per heavy atom. The third-order valence-electron chi connectivity index (χ3n) is 4.20. The van der Waals surface area contributed by atoms with Crippen molar-refractivity contribution in [3.05, 3.63) is 34.9 Å². The largest absolute Gasteiger partial charge is 0.123 e. The Balaban J connectivity index is 2.07. The standard InChI is InChI=1S/C15H21Cl/c1-10-4-5-13(8-11(10)2)9-14-6-7-15(16)12(14)3/h4-5,8,12,14-15H,6-7,9H2,1-3H3. The molecular weight excluding hydrogens is 216 g/mol. The first-order valence-corrected chi connectivity index (χ1v) is 6.72. The Morgan fingerprint density at radius 3 is 2.50 bits per heavy atom. The summed E-state index contributed by atoms with van der Waals surface area (Å²) >= 11 is 6.28. The van der Waals surface area contributed by atoms with E-state index >= 15 is 0 Å². The predicted octanol–water partition coefficient (Wildman–Crippen LogP) is 4.50. The molecule has 0 saturated heterocycles. The van der Waals surface area contributed by atoms with E-state index in [0.29, 0.717) is 11.3 Å². The number of benzene rings is 1. The second-order valence-electron chi connectivity index (χ2n) is 5.34. The van der Waals surface area contributed by atoms with Gasteiger partial charge in [-0.15, -0.1) is 11.6 Å². The molecule has 16 heavy (non-hydrogen) atoms. The van der Waals surface area contributed by atoms with Crippen molar-refractivity contribution in [3.63, 3.8) is 0 Å². The first kappa shape index (κ1) is 12.0. The van der Waals surface area contributed by atoms with Gasteiger partial charge in [0.1, 0.15) is 0 Å². The van der Waals surface area contributed by atoms with Crippen LogP contribution in [0.4, 0.5) is 0 Å². The molecule has 3 unspecified atom stereocenters. The van der Waals surface area contributed by atoms with Crippen LogP contribution in [-0.4, -0.2) is 5.38 Å². The summed E-state index contributed by atoms with van der Waals surface area (Å²) in [5.41, 5.74) is 4.27. The average molecular weight is 237 g/mol. The van der Waals surface area contributed by atoms with Gasteiger partial charge < -0.3 is 0 Å². The summed E-state index contributed by atoms with van der Waals surface area (Å²) in [5.74, 6) is 1.45. The van der Waals surface area contributed by atoms with Crippen LogP contribution in [0.1, 0.15) is 36.5 Å². The van der Waals surface area contributed by atoms with Crippen LogP contribution in [0.5, 0.6) is 0 Å². The molecule has 0 nitrogen and oxygen atoms in total. The highest BCUT2D eigenvalue weighted by Crippen LogP contribution is 2.37. The number of hydrogen-bond donors (Lipinski definition) is 0. The predicted molar refractivity (Wildman–Crippen MR) is 71.1 cm³/mol.